The zero-order valence-corrected chi connectivity index (χ0v) is 15.4. The number of benzene rings is 2. The third-order valence-corrected chi connectivity index (χ3v) is 6.11. The first-order chi connectivity index (χ1) is 12.8. The van der Waals surface area contributed by atoms with Crippen LogP contribution in [0.2, 0.25) is 0 Å². The monoisotopic (exact) mass is 395 g/mol. The predicted octanol–water partition coefficient (Wildman–Crippen LogP) is 2.94. The fraction of sp³-hybridized carbons (Fsp3) is 0.278. The lowest BCUT2D eigenvalue weighted by Crippen LogP contribution is -2.32. The van der Waals surface area contributed by atoms with E-state index in [1.807, 2.05) is 0 Å². The van der Waals surface area contributed by atoms with Gasteiger partial charge in [0, 0.05) is 12.2 Å². The summed E-state index contributed by atoms with van der Waals surface area (Å²) in [5, 5.41) is 5.14. The van der Waals surface area contributed by atoms with Gasteiger partial charge in [0.15, 0.2) is 0 Å². The van der Waals surface area contributed by atoms with Crippen molar-refractivity contribution in [1.29, 1.82) is 0 Å². The molecule has 0 saturated carbocycles. The molecule has 1 amide bonds. The van der Waals surface area contributed by atoms with Crippen LogP contribution in [0.5, 0.6) is 0 Å². The van der Waals surface area contributed by atoms with E-state index in [4.69, 9.17) is 0 Å². The number of nitrogens with zero attached hydrogens (tertiary/aromatic N) is 1. The Kier molecular flexibility index (Phi) is 5.31. The van der Waals surface area contributed by atoms with Crippen LogP contribution in [0.3, 0.4) is 0 Å². The van der Waals surface area contributed by atoms with Gasteiger partial charge >= 0.3 is 0 Å². The minimum Gasteiger partial charge on any atom is -0.374 e. The molecule has 27 heavy (non-hydrogen) atoms. The van der Waals surface area contributed by atoms with E-state index in [0.29, 0.717) is 24.3 Å². The SMILES string of the molecule is CC(Nc1ccc(N2CCCS2(=O)=O)cc1)C(=O)Nc1c(F)cccc1F. The van der Waals surface area contributed by atoms with E-state index < -0.39 is 39.3 Å². The van der Waals surface area contributed by atoms with Crippen LogP contribution in [-0.4, -0.2) is 32.7 Å². The zero-order valence-electron chi connectivity index (χ0n) is 14.6. The highest BCUT2D eigenvalue weighted by Gasteiger charge is 2.28. The number of amides is 1. The third kappa shape index (κ3) is 4.19. The Hall–Kier alpha value is -2.68. The molecule has 3 rings (SSSR count). The Morgan fingerprint density at radius 3 is 2.30 bits per heavy atom. The highest BCUT2D eigenvalue weighted by atomic mass is 32.2. The van der Waals surface area contributed by atoms with E-state index in [2.05, 4.69) is 10.6 Å². The molecule has 9 heteroatoms. The summed E-state index contributed by atoms with van der Waals surface area (Å²) in [6.45, 7) is 2.00. The smallest absolute Gasteiger partial charge is 0.246 e. The van der Waals surface area contributed by atoms with Crippen molar-refractivity contribution in [2.24, 2.45) is 0 Å². The van der Waals surface area contributed by atoms with Gasteiger partial charge in [0.25, 0.3) is 0 Å². The second-order valence-corrected chi connectivity index (χ2v) is 8.25. The van der Waals surface area contributed by atoms with Gasteiger partial charge in [-0.25, -0.2) is 17.2 Å². The maximum Gasteiger partial charge on any atom is 0.246 e. The molecular weight excluding hydrogens is 376 g/mol. The van der Waals surface area contributed by atoms with Crippen LogP contribution in [0.15, 0.2) is 42.5 Å². The molecule has 6 nitrogen and oxygen atoms in total. The van der Waals surface area contributed by atoms with Gasteiger partial charge in [-0.05, 0) is 49.7 Å². The Morgan fingerprint density at radius 1 is 1.11 bits per heavy atom. The molecule has 1 aliphatic rings. The number of rotatable bonds is 5. The average Bonchev–Trinajstić information content (AvgIpc) is 2.98. The fourth-order valence-electron chi connectivity index (χ4n) is 2.82. The Morgan fingerprint density at radius 2 is 1.74 bits per heavy atom. The van der Waals surface area contributed by atoms with Crippen molar-refractivity contribution in [3.05, 3.63) is 54.1 Å². The molecule has 0 aromatic heterocycles. The van der Waals surface area contributed by atoms with Crippen LogP contribution in [0.1, 0.15) is 13.3 Å². The van der Waals surface area contributed by atoms with Gasteiger partial charge in [-0.2, -0.15) is 0 Å². The number of hydrogen-bond donors (Lipinski definition) is 2. The Bertz CT molecular complexity index is 929. The maximum absolute atomic E-state index is 13.6. The zero-order chi connectivity index (χ0) is 19.6. The van der Waals surface area contributed by atoms with E-state index >= 15 is 0 Å². The molecule has 1 heterocycles. The summed E-state index contributed by atoms with van der Waals surface area (Å²) in [6, 6.07) is 9.14. The van der Waals surface area contributed by atoms with E-state index in [-0.39, 0.29) is 5.75 Å². The standard InChI is InChI=1S/C18H19F2N3O3S/c1-12(18(24)22-17-15(19)4-2-5-16(17)20)21-13-6-8-14(9-7-13)23-10-3-11-27(23,25)26/h2,4-9,12,21H,3,10-11H2,1H3,(H,22,24). The topological polar surface area (TPSA) is 78.5 Å². The van der Waals surface area contributed by atoms with Crippen LogP contribution in [0.25, 0.3) is 0 Å². The minimum absolute atomic E-state index is 0.136. The lowest BCUT2D eigenvalue weighted by molar-refractivity contribution is -0.116. The first-order valence-electron chi connectivity index (χ1n) is 8.40. The number of sulfonamides is 1. The largest absolute Gasteiger partial charge is 0.374 e. The summed E-state index contributed by atoms with van der Waals surface area (Å²) in [6.07, 6.45) is 0.589. The van der Waals surface area contributed by atoms with E-state index in [1.54, 1.807) is 31.2 Å². The highest BCUT2D eigenvalue weighted by molar-refractivity contribution is 7.93. The van der Waals surface area contributed by atoms with Crippen molar-refractivity contribution < 1.29 is 22.0 Å². The predicted molar refractivity (Wildman–Crippen MR) is 100 cm³/mol. The van der Waals surface area contributed by atoms with Crippen molar-refractivity contribution in [3.8, 4) is 0 Å². The molecule has 2 aromatic rings. The number of anilines is 3. The molecule has 144 valence electrons. The van der Waals surface area contributed by atoms with Crippen LogP contribution in [-0.2, 0) is 14.8 Å². The van der Waals surface area contributed by atoms with E-state index in [0.717, 1.165) is 12.1 Å². The molecule has 2 N–H and O–H groups in total. The molecule has 1 atom stereocenters. The first-order valence-corrected chi connectivity index (χ1v) is 10.0. The van der Waals surface area contributed by atoms with Crippen molar-refractivity contribution >= 4 is 33.0 Å². The molecule has 1 saturated heterocycles. The summed E-state index contributed by atoms with van der Waals surface area (Å²) in [5.74, 6) is -2.18. The summed E-state index contributed by atoms with van der Waals surface area (Å²) < 4.78 is 52.5. The van der Waals surface area contributed by atoms with Crippen LogP contribution in [0, 0.1) is 11.6 Å². The highest BCUT2D eigenvalue weighted by Crippen LogP contribution is 2.25. The summed E-state index contributed by atoms with van der Waals surface area (Å²) in [5.41, 5.74) is 0.640. The normalized spacial score (nSPS) is 16.8. The summed E-state index contributed by atoms with van der Waals surface area (Å²) >= 11 is 0. The number of nitrogens with one attached hydrogen (secondary N) is 2. The third-order valence-electron chi connectivity index (χ3n) is 4.24. The van der Waals surface area contributed by atoms with E-state index in [9.17, 15) is 22.0 Å². The van der Waals surface area contributed by atoms with Gasteiger partial charge < -0.3 is 10.6 Å². The summed E-state index contributed by atoms with van der Waals surface area (Å²) in [4.78, 5) is 12.2. The molecule has 0 bridgehead atoms. The molecule has 1 fully saturated rings. The van der Waals surface area contributed by atoms with Crippen molar-refractivity contribution in [2.75, 3.05) is 27.2 Å². The number of hydrogen-bond acceptors (Lipinski definition) is 4. The van der Waals surface area contributed by atoms with Gasteiger partial charge in [-0.1, -0.05) is 6.07 Å². The summed E-state index contributed by atoms with van der Waals surface area (Å²) in [7, 11) is -3.25. The average molecular weight is 395 g/mol. The van der Waals surface area contributed by atoms with Gasteiger partial charge in [0.05, 0.1) is 11.4 Å². The minimum atomic E-state index is -3.25. The molecule has 1 unspecified atom stereocenters. The van der Waals surface area contributed by atoms with Gasteiger partial charge in [-0.15, -0.1) is 0 Å². The molecule has 0 aliphatic carbocycles. The molecule has 2 aromatic carbocycles. The number of carbonyl (C=O) groups excluding carboxylic acids is 1. The van der Waals surface area contributed by atoms with Crippen LogP contribution in [0.4, 0.5) is 25.8 Å². The van der Waals surface area contributed by atoms with Crippen molar-refractivity contribution in [1.82, 2.24) is 0 Å². The lowest BCUT2D eigenvalue weighted by Gasteiger charge is -2.19. The van der Waals surface area contributed by atoms with Crippen molar-refractivity contribution in [3.63, 3.8) is 0 Å². The van der Waals surface area contributed by atoms with Gasteiger partial charge in [-0.3, -0.25) is 9.10 Å². The second-order valence-electron chi connectivity index (χ2n) is 6.24. The molecular formula is C18H19F2N3O3S. The number of carbonyl (C=O) groups is 1. The quantitative estimate of drug-likeness (QED) is 0.816. The lowest BCUT2D eigenvalue weighted by atomic mass is 10.2. The van der Waals surface area contributed by atoms with Gasteiger partial charge in [0.2, 0.25) is 15.9 Å². The second kappa shape index (κ2) is 7.51. The maximum atomic E-state index is 13.6. The molecule has 0 radical (unpaired) electrons. The van der Waals surface area contributed by atoms with Crippen LogP contribution < -0.4 is 14.9 Å². The van der Waals surface area contributed by atoms with Gasteiger partial charge in [0.1, 0.15) is 23.4 Å². The molecule has 1 aliphatic heterocycles. The van der Waals surface area contributed by atoms with Crippen molar-refractivity contribution in [2.45, 2.75) is 19.4 Å². The van der Waals surface area contributed by atoms with Crippen LogP contribution >= 0.6 is 0 Å². The van der Waals surface area contributed by atoms with E-state index in [1.165, 1.54) is 10.4 Å². The number of para-hydroxylation sites is 1. The first kappa shape index (κ1) is 19.1. The number of halogens is 2. The fourth-order valence-corrected chi connectivity index (χ4v) is 4.38. The molecule has 0 spiro atoms. The Labute approximate surface area is 156 Å². The Balaban J connectivity index is 1.65.